The summed E-state index contributed by atoms with van der Waals surface area (Å²) in [5.74, 6) is -3.50. The summed E-state index contributed by atoms with van der Waals surface area (Å²) in [5.41, 5.74) is -0.537. The van der Waals surface area contributed by atoms with Crippen molar-refractivity contribution in [2.24, 2.45) is 0 Å². The SMILES string of the molecule is CC1(c2ccc(F)c(F)c2)NC(=O)N(CC(=O)c2ccc(CCNS(C)(=O)=O)cc2)C1=O. The summed E-state index contributed by atoms with van der Waals surface area (Å²) in [7, 11) is -3.29. The van der Waals surface area contributed by atoms with Gasteiger partial charge in [0.2, 0.25) is 10.0 Å². The van der Waals surface area contributed by atoms with E-state index in [-0.39, 0.29) is 17.7 Å². The lowest BCUT2D eigenvalue weighted by Gasteiger charge is -2.22. The second-order valence-corrected chi connectivity index (χ2v) is 9.44. The number of nitrogens with one attached hydrogen (secondary N) is 2. The summed E-state index contributed by atoms with van der Waals surface area (Å²) < 4.78 is 51.4. The predicted molar refractivity (Wildman–Crippen MR) is 111 cm³/mol. The zero-order valence-corrected chi connectivity index (χ0v) is 18.1. The first-order chi connectivity index (χ1) is 14.9. The van der Waals surface area contributed by atoms with Crippen LogP contribution in [0, 0.1) is 11.6 Å². The molecule has 2 aromatic carbocycles. The molecule has 0 saturated carbocycles. The number of hydrogen-bond acceptors (Lipinski definition) is 5. The van der Waals surface area contributed by atoms with E-state index >= 15 is 0 Å². The molecular formula is C21H21F2N3O5S. The molecule has 2 aromatic rings. The van der Waals surface area contributed by atoms with Crippen molar-refractivity contribution in [2.75, 3.05) is 19.3 Å². The molecule has 1 fully saturated rings. The van der Waals surface area contributed by atoms with E-state index < -0.39 is 51.5 Å². The van der Waals surface area contributed by atoms with E-state index in [0.29, 0.717) is 6.42 Å². The Hall–Kier alpha value is -3.18. The monoisotopic (exact) mass is 465 g/mol. The van der Waals surface area contributed by atoms with Crippen LogP contribution in [-0.2, 0) is 26.8 Å². The fraction of sp³-hybridized carbons (Fsp3) is 0.286. The molecule has 1 aliphatic rings. The summed E-state index contributed by atoms with van der Waals surface area (Å²) in [6, 6.07) is 8.39. The number of benzene rings is 2. The first-order valence-corrected chi connectivity index (χ1v) is 11.5. The Labute approximate surface area is 183 Å². The van der Waals surface area contributed by atoms with Crippen molar-refractivity contribution in [3.8, 4) is 0 Å². The molecule has 1 unspecified atom stereocenters. The molecule has 11 heteroatoms. The molecule has 0 bridgehead atoms. The first kappa shape index (κ1) is 23.5. The van der Waals surface area contributed by atoms with Crippen LogP contribution in [0.25, 0.3) is 0 Å². The second kappa shape index (κ2) is 8.75. The van der Waals surface area contributed by atoms with E-state index in [2.05, 4.69) is 10.0 Å². The second-order valence-electron chi connectivity index (χ2n) is 7.61. The Bertz CT molecular complexity index is 1180. The molecule has 1 saturated heterocycles. The van der Waals surface area contributed by atoms with Gasteiger partial charge in [0.05, 0.1) is 12.8 Å². The lowest BCUT2D eigenvalue weighted by atomic mass is 9.92. The Kier molecular flexibility index (Phi) is 6.42. The predicted octanol–water partition coefficient (Wildman–Crippen LogP) is 1.71. The molecular weight excluding hydrogens is 444 g/mol. The number of rotatable bonds is 8. The van der Waals surface area contributed by atoms with Crippen molar-refractivity contribution in [1.29, 1.82) is 0 Å². The standard InChI is InChI=1S/C21H21F2N3O5S/c1-21(15-7-8-16(22)17(23)11-15)19(28)26(20(29)25-21)12-18(27)14-5-3-13(4-6-14)9-10-24-32(2,30)31/h3-8,11,24H,9-10,12H2,1-2H3,(H,25,29). The normalized spacial score (nSPS) is 18.7. The number of urea groups is 1. The summed E-state index contributed by atoms with van der Waals surface area (Å²) in [4.78, 5) is 38.6. The summed E-state index contributed by atoms with van der Waals surface area (Å²) >= 11 is 0. The quantitative estimate of drug-likeness (QED) is 0.455. The van der Waals surface area contributed by atoms with Crippen LogP contribution in [0.3, 0.4) is 0 Å². The fourth-order valence-electron chi connectivity index (χ4n) is 3.32. The zero-order chi connectivity index (χ0) is 23.7. The van der Waals surface area contributed by atoms with Crippen LogP contribution >= 0.6 is 0 Å². The third kappa shape index (κ3) is 5.00. The van der Waals surface area contributed by atoms with E-state index in [1.165, 1.54) is 25.1 Å². The smallest absolute Gasteiger partial charge is 0.319 e. The molecule has 0 aliphatic carbocycles. The van der Waals surface area contributed by atoms with Crippen LogP contribution in [0.4, 0.5) is 13.6 Å². The third-order valence-electron chi connectivity index (χ3n) is 5.13. The van der Waals surface area contributed by atoms with Crippen LogP contribution < -0.4 is 10.0 Å². The van der Waals surface area contributed by atoms with Gasteiger partial charge >= 0.3 is 6.03 Å². The van der Waals surface area contributed by atoms with Crippen LogP contribution in [0.1, 0.15) is 28.4 Å². The third-order valence-corrected chi connectivity index (χ3v) is 5.86. The maximum Gasteiger partial charge on any atom is 0.325 e. The molecule has 1 aliphatic heterocycles. The van der Waals surface area contributed by atoms with Crippen LogP contribution in [0.15, 0.2) is 42.5 Å². The average Bonchev–Trinajstić information content (AvgIpc) is 2.93. The number of carbonyl (C=O) groups is 3. The molecule has 0 spiro atoms. The maximum absolute atomic E-state index is 13.6. The van der Waals surface area contributed by atoms with Gasteiger partial charge in [-0.2, -0.15) is 0 Å². The minimum Gasteiger partial charge on any atom is -0.319 e. The van der Waals surface area contributed by atoms with Gasteiger partial charge in [-0.25, -0.2) is 26.7 Å². The van der Waals surface area contributed by atoms with Crippen molar-refractivity contribution in [1.82, 2.24) is 14.9 Å². The number of Topliss-reactive ketones (excluding diaryl/α,β-unsaturated/α-hetero) is 1. The van der Waals surface area contributed by atoms with Gasteiger partial charge in [-0.15, -0.1) is 0 Å². The molecule has 3 amide bonds. The van der Waals surface area contributed by atoms with Gasteiger partial charge in [0.15, 0.2) is 17.4 Å². The molecule has 0 radical (unpaired) electrons. The number of amides is 3. The fourth-order valence-corrected chi connectivity index (χ4v) is 3.79. The lowest BCUT2D eigenvalue weighted by molar-refractivity contribution is -0.130. The number of imide groups is 1. The Morgan fingerprint density at radius 1 is 1.09 bits per heavy atom. The van der Waals surface area contributed by atoms with E-state index in [1.807, 2.05) is 0 Å². The number of hydrogen-bond donors (Lipinski definition) is 2. The molecule has 0 aromatic heterocycles. The highest BCUT2D eigenvalue weighted by Gasteiger charge is 2.49. The Balaban J connectivity index is 1.69. The average molecular weight is 465 g/mol. The van der Waals surface area contributed by atoms with E-state index in [9.17, 15) is 31.6 Å². The van der Waals surface area contributed by atoms with E-state index in [0.717, 1.165) is 28.9 Å². The zero-order valence-electron chi connectivity index (χ0n) is 17.3. The highest BCUT2D eigenvalue weighted by molar-refractivity contribution is 7.88. The van der Waals surface area contributed by atoms with E-state index in [1.54, 1.807) is 12.1 Å². The van der Waals surface area contributed by atoms with Gasteiger partial charge in [-0.3, -0.25) is 14.5 Å². The van der Waals surface area contributed by atoms with Crippen LogP contribution in [0.2, 0.25) is 0 Å². The van der Waals surface area contributed by atoms with Crippen molar-refractivity contribution in [3.63, 3.8) is 0 Å². The Morgan fingerprint density at radius 2 is 1.75 bits per heavy atom. The van der Waals surface area contributed by atoms with Gasteiger partial charge in [-0.05, 0) is 36.6 Å². The molecule has 8 nitrogen and oxygen atoms in total. The van der Waals surface area contributed by atoms with Crippen LogP contribution in [-0.4, -0.2) is 50.4 Å². The topological polar surface area (TPSA) is 113 Å². The minimum absolute atomic E-state index is 0.0526. The molecule has 32 heavy (non-hydrogen) atoms. The molecule has 2 N–H and O–H groups in total. The maximum atomic E-state index is 13.6. The highest BCUT2D eigenvalue weighted by atomic mass is 32.2. The van der Waals surface area contributed by atoms with Crippen molar-refractivity contribution in [2.45, 2.75) is 18.9 Å². The molecule has 1 heterocycles. The molecule has 170 valence electrons. The van der Waals surface area contributed by atoms with Crippen molar-refractivity contribution in [3.05, 3.63) is 70.8 Å². The molecule has 1 atom stereocenters. The van der Waals surface area contributed by atoms with Crippen molar-refractivity contribution >= 4 is 27.7 Å². The summed E-state index contributed by atoms with van der Waals surface area (Å²) in [6.07, 6.45) is 1.48. The highest BCUT2D eigenvalue weighted by Crippen LogP contribution is 2.30. The van der Waals surface area contributed by atoms with E-state index in [4.69, 9.17) is 0 Å². The van der Waals surface area contributed by atoms with Gasteiger partial charge in [0.25, 0.3) is 5.91 Å². The van der Waals surface area contributed by atoms with Gasteiger partial charge in [-0.1, -0.05) is 30.3 Å². The number of halogens is 2. The lowest BCUT2D eigenvalue weighted by Crippen LogP contribution is -2.41. The number of ketones is 1. The molecule has 3 rings (SSSR count). The Morgan fingerprint density at radius 3 is 2.34 bits per heavy atom. The number of sulfonamides is 1. The first-order valence-electron chi connectivity index (χ1n) is 9.57. The van der Waals surface area contributed by atoms with Gasteiger partial charge in [0.1, 0.15) is 5.54 Å². The largest absolute Gasteiger partial charge is 0.325 e. The summed E-state index contributed by atoms with van der Waals surface area (Å²) in [5, 5.41) is 2.43. The minimum atomic E-state index is -3.29. The number of carbonyl (C=O) groups excluding carboxylic acids is 3. The van der Waals surface area contributed by atoms with Crippen molar-refractivity contribution < 1.29 is 31.6 Å². The van der Waals surface area contributed by atoms with Gasteiger partial charge in [0, 0.05) is 12.1 Å². The number of nitrogens with zero attached hydrogens (tertiary/aromatic N) is 1. The van der Waals surface area contributed by atoms with Crippen LogP contribution in [0.5, 0.6) is 0 Å². The summed E-state index contributed by atoms with van der Waals surface area (Å²) in [6.45, 7) is 1.03. The van der Waals surface area contributed by atoms with Gasteiger partial charge < -0.3 is 5.32 Å².